The van der Waals surface area contributed by atoms with Crippen LogP contribution in [0, 0.1) is 11.8 Å². The number of nitrogens with two attached hydrogens (primary N) is 1. The molecule has 2 heterocycles. The summed E-state index contributed by atoms with van der Waals surface area (Å²) in [4.78, 5) is 7.28. The van der Waals surface area contributed by atoms with Gasteiger partial charge in [0.25, 0.3) is 0 Å². The molecule has 2 aromatic carbocycles. The Morgan fingerprint density at radius 1 is 0.865 bits per heavy atom. The molecule has 1 atom stereocenters. The quantitative estimate of drug-likeness (QED) is 0.426. The van der Waals surface area contributed by atoms with Gasteiger partial charge >= 0.3 is 0 Å². The van der Waals surface area contributed by atoms with E-state index in [9.17, 15) is 5.11 Å². The van der Waals surface area contributed by atoms with Crippen LogP contribution in [0.4, 0.5) is 0 Å². The van der Waals surface area contributed by atoms with Crippen LogP contribution < -0.4 is 5.73 Å². The number of aliphatic hydroxyl groups is 1. The van der Waals surface area contributed by atoms with Gasteiger partial charge in [-0.25, -0.2) is 4.98 Å². The van der Waals surface area contributed by atoms with Crippen LogP contribution >= 0.6 is 0 Å². The summed E-state index contributed by atoms with van der Waals surface area (Å²) in [6.45, 7) is 4.96. The molecule has 5 rings (SSSR count). The summed E-state index contributed by atoms with van der Waals surface area (Å²) >= 11 is 0. The average molecular weight is 502 g/mol. The summed E-state index contributed by atoms with van der Waals surface area (Å²) in [7, 11) is 0. The highest BCUT2D eigenvalue weighted by Crippen LogP contribution is 2.42. The summed E-state index contributed by atoms with van der Waals surface area (Å²) < 4.78 is 1.98. The van der Waals surface area contributed by atoms with Crippen molar-refractivity contribution in [1.82, 2.24) is 19.7 Å². The Hall–Kier alpha value is -2.54. The van der Waals surface area contributed by atoms with E-state index in [0.717, 1.165) is 57.4 Å². The van der Waals surface area contributed by atoms with Crippen molar-refractivity contribution in [3.8, 4) is 0 Å². The molecule has 37 heavy (non-hydrogen) atoms. The Labute approximate surface area is 221 Å². The van der Waals surface area contributed by atoms with Crippen molar-refractivity contribution >= 4 is 0 Å². The van der Waals surface area contributed by atoms with Crippen LogP contribution in [0.1, 0.15) is 67.5 Å². The normalized spacial score (nSPS) is 19.6. The first kappa shape index (κ1) is 26.1. The van der Waals surface area contributed by atoms with E-state index in [4.69, 9.17) is 10.8 Å². The maximum atomic E-state index is 12.1. The Kier molecular flexibility index (Phi) is 8.70. The zero-order chi connectivity index (χ0) is 25.5. The van der Waals surface area contributed by atoms with Gasteiger partial charge in [-0.1, -0.05) is 73.9 Å². The van der Waals surface area contributed by atoms with E-state index in [1.807, 2.05) is 41.3 Å². The molecular weight excluding hydrogens is 458 g/mol. The highest BCUT2D eigenvalue weighted by Gasteiger charge is 2.43. The summed E-state index contributed by atoms with van der Waals surface area (Å²) in [5.41, 5.74) is 8.20. The Balaban J connectivity index is 1.16. The van der Waals surface area contributed by atoms with Gasteiger partial charge in [-0.05, 0) is 86.7 Å². The van der Waals surface area contributed by atoms with E-state index in [0.29, 0.717) is 18.3 Å². The fraction of sp³-hybridized carbons (Fsp3) is 0.548. The molecule has 1 aliphatic heterocycles. The first-order chi connectivity index (χ1) is 18.1. The summed E-state index contributed by atoms with van der Waals surface area (Å²) in [6, 6.07) is 19.0. The second-order valence-electron chi connectivity index (χ2n) is 11.1. The third kappa shape index (κ3) is 6.31. The van der Waals surface area contributed by atoms with Gasteiger partial charge in [0.1, 0.15) is 6.33 Å². The third-order valence-corrected chi connectivity index (χ3v) is 8.61. The first-order valence-corrected chi connectivity index (χ1v) is 14.3. The highest BCUT2D eigenvalue weighted by atomic mass is 16.3. The number of likely N-dealkylation sites (tertiary alicyclic amines) is 1. The number of rotatable bonds is 10. The predicted molar refractivity (Wildman–Crippen MR) is 148 cm³/mol. The number of hydrogen-bond acceptors (Lipinski definition) is 5. The van der Waals surface area contributed by atoms with Crippen molar-refractivity contribution in [2.45, 2.75) is 69.9 Å². The average Bonchev–Trinajstić information content (AvgIpc) is 3.43. The molecule has 1 saturated carbocycles. The maximum absolute atomic E-state index is 12.1. The molecule has 0 unspecified atom stereocenters. The fourth-order valence-electron chi connectivity index (χ4n) is 6.30. The summed E-state index contributed by atoms with van der Waals surface area (Å²) in [5.74, 6) is 1.33. The third-order valence-electron chi connectivity index (χ3n) is 8.61. The molecule has 1 saturated heterocycles. The van der Waals surface area contributed by atoms with Crippen LogP contribution in [-0.4, -0.2) is 50.9 Å². The zero-order valence-corrected chi connectivity index (χ0v) is 22.1. The van der Waals surface area contributed by atoms with Crippen molar-refractivity contribution < 1.29 is 5.11 Å². The van der Waals surface area contributed by atoms with Gasteiger partial charge in [-0.2, -0.15) is 5.10 Å². The summed E-state index contributed by atoms with van der Waals surface area (Å²) in [6.07, 6.45) is 11.9. The molecule has 0 bridgehead atoms. The minimum Gasteiger partial charge on any atom is -0.377 e. The number of benzene rings is 2. The van der Waals surface area contributed by atoms with E-state index >= 15 is 0 Å². The number of nitrogens with zero attached hydrogens (tertiary/aromatic N) is 4. The lowest BCUT2D eigenvalue weighted by Crippen LogP contribution is -2.39. The molecule has 2 fully saturated rings. The van der Waals surface area contributed by atoms with Crippen LogP contribution in [0.5, 0.6) is 0 Å². The lowest BCUT2D eigenvalue weighted by molar-refractivity contribution is -0.00865. The number of hydrogen-bond donors (Lipinski definition) is 2. The minimum absolute atomic E-state index is 0.166. The van der Waals surface area contributed by atoms with Gasteiger partial charge in [-0.3, -0.25) is 4.68 Å². The van der Waals surface area contributed by atoms with E-state index < -0.39 is 5.60 Å². The molecule has 0 spiro atoms. The highest BCUT2D eigenvalue weighted by molar-refractivity contribution is 5.30. The van der Waals surface area contributed by atoms with Crippen LogP contribution in [0.15, 0.2) is 60.9 Å². The monoisotopic (exact) mass is 501 g/mol. The van der Waals surface area contributed by atoms with Crippen LogP contribution in [-0.2, 0) is 25.0 Å². The molecule has 6 heteroatoms. The van der Waals surface area contributed by atoms with Crippen LogP contribution in [0.3, 0.4) is 0 Å². The maximum Gasteiger partial charge on any atom is 0.187 e. The lowest BCUT2D eigenvalue weighted by atomic mass is 9.73. The molecule has 2 aliphatic rings. The van der Waals surface area contributed by atoms with Crippen molar-refractivity contribution in [2.24, 2.45) is 17.6 Å². The molecular formula is C31H43N5O. The van der Waals surface area contributed by atoms with Crippen LogP contribution in [0.25, 0.3) is 0 Å². The fourth-order valence-corrected chi connectivity index (χ4v) is 6.30. The molecule has 3 N–H and O–H groups in total. The second-order valence-corrected chi connectivity index (χ2v) is 11.1. The second kappa shape index (κ2) is 12.3. The van der Waals surface area contributed by atoms with Gasteiger partial charge in [-0.15, -0.1) is 0 Å². The Morgan fingerprint density at radius 2 is 1.54 bits per heavy atom. The van der Waals surface area contributed by atoms with Gasteiger partial charge in [0.15, 0.2) is 11.4 Å². The standard InChI is InChI=1S/C31H43N5O/c32-19-15-25-11-13-26(14-12-25)16-20-35-21-17-27(18-22-35)23-36-24-33-30(34-36)31(37,28-7-3-1-4-8-28)29-9-5-2-6-10-29/h1,3-4,7-8,11-14,24,27,29,37H,2,5-6,9-10,15-23,32H2/t31-/m0/s1. The van der Waals surface area contributed by atoms with E-state index in [1.165, 1.54) is 43.2 Å². The van der Waals surface area contributed by atoms with Crippen molar-refractivity contribution in [2.75, 3.05) is 26.2 Å². The predicted octanol–water partition coefficient (Wildman–Crippen LogP) is 4.55. The van der Waals surface area contributed by atoms with Crippen molar-refractivity contribution in [3.05, 3.63) is 83.4 Å². The van der Waals surface area contributed by atoms with E-state index in [-0.39, 0.29) is 5.92 Å². The largest absolute Gasteiger partial charge is 0.377 e. The smallest absolute Gasteiger partial charge is 0.187 e. The Morgan fingerprint density at radius 3 is 2.22 bits per heavy atom. The zero-order valence-electron chi connectivity index (χ0n) is 22.1. The topological polar surface area (TPSA) is 80.2 Å². The summed E-state index contributed by atoms with van der Waals surface area (Å²) in [5, 5.41) is 17.0. The lowest BCUT2D eigenvalue weighted by Gasteiger charge is -2.37. The van der Waals surface area contributed by atoms with Crippen LogP contribution in [0.2, 0.25) is 0 Å². The molecule has 0 radical (unpaired) electrons. The first-order valence-electron chi connectivity index (χ1n) is 14.3. The molecule has 1 aromatic heterocycles. The molecule has 0 amide bonds. The SMILES string of the molecule is NCCc1ccc(CCN2CCC(Cn3cnc([C@](O)(c4ccccc4)C4CCCCC4)n3)CC2)cc1. The Bertz CT molecular complexity index is 1080. The van der Waals surface area contributed by atoms with E-state index in [2.05, 4.69) is 34.1 Å². The number of aromatic nitrogens is 3. The number of piperidine rings is 1. The van der Waals surface area contributed by atoms with Gasteiger partial charge in [0.2, 0.25) is 0 Å². The van der Waals surface area contributed by atoms with Crippen molar-refractivity contribution in [3.63, 3.8) is 0 Å². The van der Waals surface area contributed by atoms with E-state index in [1.54, 1.807) is 0 Å². The molecule has 3 aromatic rings. The van der Waals surface area contributed by atoms with Crippen molar-refractivity contribution in [1.29, 1.82) is 0 Å². The van der Waals surface area contributed by atoms with Gasteiger partial charge in [0.05, 0.1) is 0 Å². The van der Waals surface area contributed by atoms with Gasteiger partial charge < -0.3 is 15.7 Å². The molecule has 6 nitrogen and oxygen atoms in total. The molecule has 198 valence electrons. The molecule has 1 aliphatic carbocycles. The minimum atomic E-state index is -1.11. The van der Waals surface area contributed by atoms with Gasteiger partial charge in [0, 0.05) is 13.1 Å².